The summed E-state index contributed by atoms with van der Waals surface area (Å²) in [6.07, 6.45) is 4.80. The fraction of sp³-hybridized carbons (Fsp3) is 0.500. The van der Waals surface area contributed by atoms with E-state index >= 15 is 0 Å². The minimum atomic E-state index is -0.410. The molecule has 1 unspecified atom stereocenters. The number of pyridine rings is 1. The first kappa shape index (κ1) is 14.6. The number of hydrogen-bond acceptors (Lipinski definition) is 4. The predicted octanol–water partition coefficient (Wildman–Crippen LogP) is 2.42. The van der Waals surface area contributed by atoms with Gasteiger partial charge in [-0.15, -0.1) is 0 Å². The minimum absolute atomic E-state index is 0.0462. The molecule has 1 saturated heterocycles. The van der Waals surface area contributed by atoms with Crippen molar-refractivity contribution in [1.29, 1.82) is 5.26 Å². The third kappa shape index (κ3) is 3.20. The molecular formula is C14H17ClN4O. The minimum Gasteiger partial charge on any atom is -0.357 e. The second-order valence-electron chi connectivity index (χ2n) is 4.88. The number of aromatic nitrogens is 1. The van der Waals surface area contributed by atoms with Crippen molar-refractivity contribution in [3.63, 3.8) is 0 Å². The highest BCUT2D eigenvalue weighted by molar-refractivity contribution is 6.34. The molecule has 1 amide bonds. The van der Waals surface area contributed by atoms with Crippen molar-refractivity contribution in [2.45, 2.75) is 32.2 Å². The lowest BCUT2D eigenvalue weighted by Gasteiger charge is -2.29. The number of carbonyl (C=O) groups excluding carboxylic acids is 1. The SMILES string of the molecule is CC(Nc1nccc(C#N)c1Cl)C(=O)N1CCCCC1. The van der Waals surface area contributed by atoms with E-state index in [1.807, 2.05) is 11.0 Å². The van der Waals surface area contributed by atoms with Gasteiger partial charge < -0.3 is 10.2 Å². The van der Waals surface area contributed by atoms with E-state index in [9.17, 15) is 4.79 Å². The highest BCUT2D eigenvalue weighted by Crippen LogP contribution is 2.23. The number of amides is 1. The molecule has 0 aromatic carbocycles. The van der Waals surface area contributed by atoms with Crippen LogP contribution in [0.2, 0.25) is 5.02 Å². The Balaban J connectivity index is 2.06. The lowest BCUT2D eigenvalue weighted by atomic mass is 10.1. The van der Waals surface area contributed by atoms with Crippen LogP contribution in [0.3, 0.4) is 0 Å². The average Bonchev–Trinajstić information content (AvgIpc) is 2.49. The van der Waals surface area contributed by atoms with Crippen molar-refractivity contribution >= 4 is 23.3 Å². The molecule has 1 N–H and O–H groups in total. The van der Waals surface area contributed by atoms with Crippen LogP contribution < -0.4 is 5.32 Å². The van der Waals surface area contributed by atoms with Crippen LogP contribution in [-0.4, -0.2) is 34.9 Å². The van der Waals surface area contributed by atoms with Gasteiger partial charge in [0.2, 0.25) is 5.91 Å². The maximum Gasteiger partial charge on any atom is 0.244 e. The van der Waals surface area contributed by atoms with Crippen LogP contribution in [-0.2, 0) is 4.79 Å². The number of nitrogens with one attached hydrogen (secondary N) is 1. The Morgan fingerprint density at radius 3 is 2.85 bits per heavy atom. The van der Waals surface area contributed by atoms with Gasteiger partial charge in [0.1, 0.15) is 23.0 Å². The number of piperidine rings is 1. The molecule has 2 rings (SSSR count). The van der Waals surface area contributed by atoms with E-state index in [0.717, 1.165) is 25.9 Å². The molecule has 1 aromatic rings. The van der Waals surface area contributed by atoms with Crippen molar-refractivity contribution in [2.24, 2.45) is 0 Å². The first-order valence-corrected chi connectivity index (χ1v) is 7.11. The topological polar surface area (TPSA) is 69.0 Å². The van der Waals surface area contributed by atoms with Crippen LogP contribution in [0, 0.1) is 11.3 Å². The number of hydrogen-bond donors (Lipinski definition) is 1. The van der Waals surface area contributed by atoms with Gasteiger partial charge in [0.05, 0.1) is 5.56 Å². The molecule has 106 valence electrons. The van der Waals surface area contributed by atoms with Gasteiger partial charge in [-0.25, -0.2) is 4.98 Å². The van der Waals surface area contributed by atoms with Gasteiger partial charge in [-0.05, 0) is 32.3 Å². The maximum atomic E-state index is 12.3. The van der Waals surface area contributed by atoms with Gasteiger partial charge in [-0.2, -0.15) is 5.26 Å². The fourth-order valence-electron chi connectivity index (χ4n) is 2.29. The third-order valence-electron chi connectivity index (χ3n) is 3.40. The molecule has 0 bridgehead atoms. The van der Waals surface area contributed by atoms with E-state index in [-0.39, 0.29) is 10.9 Å². The fourth-order valence-corrected chi connectivity index (χ4v) is 2.49. The first-order valence-electron chi connectivity index (χ1n) is 6.73. The molecule has 1 aromatic heterocycles. The zero-order valence-electron chi connectivity index (χ0n) is 11.4. The van der Waals surface area contributed by atoms with E-state index in [0.29, 0.717) is 11.4 Å². The number of halogens is 1. The Kier molecular flexibility index (Phi) is 4.80. The van der Waals surface area contributed by atoms with Crippen LogP contribution in [0.25, 0.3) is 0 Å². The summed E-state index contributed by atoms with van der Waals surface area (Å²) in [5.74, 6) is 0.425. The van der Waals surface area contributed by atoms with Gasteiger partial charge in [0.25, 0.3) is 0 Å². The quantitative estimate of drug-likeness (QED) is 0.929. The van der Waals surface area contributed by atoms with Crippen molar-refractivity contribution in [3.8, 4) is 6.07 Å². The molecule has 2 heterocycles. The highest BCUT2D eigenvalue weighted by Gasteiger charge is 2.23. The van der Waals surface area contributed by atoms with Crippen LogP contribution in [0.4, 0.5) is 5.82 Å². The Morgan fingerprint density at radius 2 is 2.20 bits per heavy atom. The molecule has 0 saturated carbocycles. The van der Waals surface area contributed by atoms with E-state index < -0.39 is 6.04 Å². The highest BCUT2D eigenvalue weighted by atomic mass is 35.5. The first-order chi connectivity index (χ1) is 9.63. The van der Waals surface area contributed by atoms with Gasteiger partial charge >= 0.3 is 0 Å². The third-order valence-corrected chi connectivity index (χ3v) is 3.78. The van der Waals surface area contributed by atoms with Crippen LogP contribution in [0.1, 0.15) is 31.7 Å². The van der Waals surface area contributed by atoms with Crippen molar-refractivity contribution in [2.75, 3.05) is 18.4 Å². The van der Waals surface area contributed by atoms with Gasteiger partial charge in [0.15, 0.2) is 0 Å². The zero-order chi connectivity index (χ0) is 14.5. The lowest BCUT2D eigenvalue weighted by molar-refractivity contribution is -0.132. The summed E-state index contributed by atoms with van der Waals surface area (Å²) in [7, 11) is 0. The summed E-state index contributed by atoms with van der Waals surface area (Å²) >= 11 is 6.07. The summed E-state index contributed by atoms with van der Waals surface area (Å²) in [6, 6.07) is 3.13. The lowest BCUT2D eigenvalue weighted by Crippen LogP contribution is -2.44. The van der Waals surface area contributed by atoms with E-state index in [1.54, 1.807) is 13.0 Å². The molecule has 6 heteroatoms. The van der Waals surface area contributed by atoms with Crippen molar-refractivity contribution < 1.29 is 4.79 Å². The molecule has 0 aliphatic carbocycles. The summed E-state index contributed by atoms with van der Waals surface area (Å²) < 4.78 is 0. The van der Waals surface area contributed by atoms with E-state index in [1.165, 1.54) is 12.6 Å². The molecule has 1 aliphatic heterocycles. The molecule has 1 aliphatic rings. The van der Waals surface area contributed by atoms with Gasteiger partial charge in [-0.3, -0.25) is 4.79 Å². The number of carbonyl (C=O) groups is 1. The molecular weight excluding hydrogens is 276 g/mol. The Bertz CT molecular complexity index is 534. The number of anilines is 1. The number of rotatable bonds is 3. The number of nitrogens with zero attached hydrogens (tertiary/aromatic N) is 3. The van der Waals surface area contributed by atoms with Gasteiger partial charge in [-0.1, -0.05) is 11.6 Å². The monoisotopic (exact) mass is 292 g/mol. The smallest absolute Gasteiger partial charge is 0.244 e. The Morgan fingerprint density at radius 1 is 1.50 bits per heavy atom. The number of likely N-dealkylation sites (tertiary alicyclic amines) is 1. The summed E-state index contributed by atoms with van der Waals surface area (Å²) in [4.78, 5) is 18.2. The van der Waals surface area contributed by atoms with Crippen LogP contribution in [0.5, 0.6) is 0 Å². The average molecular weight is 293 g/mol. The molecule has 20 heavy (non-hydrogen) atoms. The second-order valence-corrected chi connectivity index (χ2v) is 5.26. The molecule has 5 nitrogen and oxygen atoms in total. The molecule has 0 radical (unpaired) electrons. The molecule has 0 spiro atoms. The Hall–Kier alpha value is -1.80. The van der Waals surface area contributed by atoms with Gasteiger partial charge in [0, 0.05) is 19.3 Å². The maximum absolute atomic E-state index is 12.3. The summed E-state index contributed by atoms with van der Waals surface area (Å²) in [5, 5.41) is 12.2. The Labute approximate surface area is 123 Å². The summed E-state index contributed by atoms with van der Waals surface area (Å²) in [6.45, 7) is 3.41. The largest absolute Gasteiger partial charge is 0.357 e. The zero-order valence-corrected chi connectivity index (χ0v) is 12.2. The molecule has 1 atom stereocenters. The van der Waals surface area contributed by atoms with E-state index in [2.05, 4.69) is 10.3 Å². The van der Waals surface area contributed by atoms with Crippen LogP contribution >= 0.6 is 11.6 Å². The van der Waals surface area contributed by atoms with E-state index in [4.69, 9.17) is 16.9 Å². The normalized spacial score (nSPS) is 16.4. The second kappa shape index (κ2) is 6.58. The van der Waals surface area contributed by atoms with Crippen molar-refractivity contribution in [3.05, 3.63) is 22.8 Å². The van der Waals surface area contributed by atoms with Crippen molar-refractivity contribution in [1.82, 2.24) is 9.88 Å². The van der Waals surface area contributed by atoms with Crippen LogP contribution in [0.15, 0.2) is 12.3 Å². The molecule has 1 fully saturated rings. The predicted molar refractivity (Wildman–Crippen MR) is 77.5 cm³/mol. The summed E-state index contributed by atoms with van der Waals surface area (Å²) in [5.41, 5.74) is 0.349. The standard InChI is InChI=1S/C14H17ClN4O/c1-10(14(20)19-7-3-2-4-8-19)18-13-12(15)11(9-16)5-6-17-13/h5-6,10H,2-4,7-8H2,1H3,(H,17,18). The number of nitriles is 1.